The standard InChI is InChI=1S/C18H31N3/c1-15-7-9-16(10-8-15)18(19-2)11-13-21-12-5-6-17(21)14-20(3)4/h7-10,17-19H,5-6,11-14H2,1-4H3. The Labute approximate surface area is 130 Å². The fourth-order valence-electron chi connectivity index (χ4n) is 3.39. The molecule has 21 heavy (non-hydrogen) atoms. The van der Waals surface area contributed by atoms with Crippen LogP contribution in [0, 0.1) is 6.92 Å². The van der Waals surface area contributed by atoms with Crippen molar-refractivity contribution in [2.24, 2.45) is 0 Å². The number of hydrogen-bond acceptors (Lipinski definition) is 3. The van der Waals surface area contributed by atoms with Crippen LogP contribution in [0.15, 0.2) is 24.3 Å². The van der Waals surface area contributed by atoms with E-state index in [0.29, 0.717) is 6.04 Å². The van der Waals surface area contributed by atoms with E-state index in [4.69, 9.17) is 0 Å². The van der Waals surface area contributed by atoms with E-state index in [9.17, 15) is 0 Å². The molecule has 1 fully saturated rings. The van der Waals surface area contributed by atoms with Crippen molar-refractivity contribution < 1.29 is 0 Å². The Balaban J connectivity index is 1.89. The molecule has 0 amide bonds. The average Bonchev–Trinajstić information content (AvgIpc) is 2.88. The lowest BCUT2D eigenvalue weighted by Crippen LogP contribution is -2.39. The van der Waals surface area contributed by atoms with Gasteiger partial charge in [0.15, 0.2) is 0 Å². The molecular weight excluding hydrogens is 258 g/mol. The molecule has 118 valence electrons. The summed E-state index contributed by atoms with van der Waals surface area (Å²) in [6.07, 6.45) is 3.89. The van der Waals surface area contributed by atoms with Gasteiger partial charge in [0, 0.05) is 25.2 Å². The molecule has 1 aromatic rings. The van der Waals surface area contributed by atoms with Crippen LogP contribution >= 0.6 is 0 Å². The lowest BCUT2D eigenvalue weighted by atomic mass is 10.0. The van der Waals surface area contributed by atoms with Crippen molar-refractivity contribution in [3.8, 4) is 0 Å². The molecule has 0 aromatic heterocycles. The highest BCUT2D eigenvalue weighted by Gasteiger charge is 2.25. The quantitative estimate of drug-likeness (QED) is 0.832. The second-order valence-electron chi connectivity index (χ2n) is 6.63. The van der Waals surface area contributed by atoms with Crippen molar-refractivity contribution in [1.29, 1.82) is 0 Å². The topological polar surface area (TPSA) is 18.5 Å². The molecule has 2 rings (SSSR count). The Bertz CT molecular complexity index is 413. The van der Waals surface area contributed by atoms with Crippen LogP contribution in [0.3, 0.4) is 0 Å². The Morgan fingerprint density at radius 2 is 2.00 bits per heavy atom. The summed E-state index contributed by atoms with van der Waals surface area (Å²) in [4.78, 5) is 5.00. The summed E-state index contributed by atoms with van der Waals surface area (Å²) in [6.45, 7) is 5.80. The molecule has 1 saturated heterocycles. The fraction of sp³-hybridized carbons (Fsp3) is 0.667. The monoisotopic (exact) mass is 289 g/mol. The zero-order valence-corrected chi connectivity index (χ0v) is 14.1. The van der Waals surface area contributed by atoms with Gasteiger partial charge in [0.1, 0.15) is 0 Å². The third kappa shape index (κ3) is 4.80. The Morgan fingerprint density at radius 3 is 2.62 bits per heavy atom. The van der Waals surface area contributed by atoms with Crippen LogP contribution in [0.1, 0.15) is 36.4 Å². The summed E-state index contributed by atoms with van der Waals surface area (Å²) >= 11 is 0. The lowest BCUT2D eigenvalue weighted by molar-refractivity contribution is 0.200. The first-order chi connectivity index (χ1) is 10.1. The Morgan fingerprint density at radius 1 is 1.29 bits per heavy atom. The van der Waals surface area contributed by atoms with Crippen molar-refractivity contribution in [2.75, 3.05) is 40.8 Å². The minimum Gasteiger partial charge on any atom is -0.313 e. The van der Waals surface area contributed by atoms with Crippen molar-refractivity contribution >= 4 is 0 Å². The molecule has 1 N–H and O–H groups in total. The molecule has 2 unspecified atom stereocenters. The largest absolute Gasteiger partial charge is 0.313 e. The van der Waals surface area contributed by atoms with E-state index in [-0.39, 0.29) is 0 Å². The number of benzene rings is 1. The van der Waals surface area contributed by atoms with Gasteiger partial charge in [-0.3, -0.25) is 4.90 Å². The number of nitrogens with one attached hydrogen (secondary N) is 1. The van der Waals surface area contributed by atoms with Gasteiger partial charge in [0.05, 0.1) is 0 Å². The number of likely N-dealkylation sites (tertiary alicyclic amines) is 1. The smallest absolute Gasteiger partial charge is 0.0329 e. The molecule has 3 nitrogen and oxygen atoms in total. The van der Waals surface area contributed by atoms with Gasteiger partial charge in [-0.05, 0) is 59.4 Å². The minimum atomic E-state index is 0.464. The maximum absolute atomic E-state index is 3.48. The van der Waals surface area contributed by atoms with Gasteiger partial charge in [0.2, 0.25) is 0 Å². The highest BCUT2D eigenvalue weighted by atomic mass is 15.2. The van der Waals surface area contributed by atoms with Crippen molar-refractivity contribution in [2.45, 2.75) is 38.3 Å². The summed E-state index contributed by atoms with van der Waals surface area (Å²) in [5.41, 5.74) is 2.74. The summed E-state index contributed by atoms with van der Waals surface area (Å²) in [5, 5.41) is 3.48. The van der Waals surface area contributed by atoms with Gasteiger partial charge in [-0.15, -0.1) is 0 Å². The molecule has 3 heteroatoms. The van der Waals surface area contributed by atoms with E-state index in [1.54, 1.807) is 0 Å². The van der Waals surface area contributed by atoms with E-state index in [1.165, 1.54) is 50.0 Å². The van der Waals surface area contributed by atoms with Gasteiger partial charge in [-0.1, -0.05) is 29.8 Å². The highest BCUT2D eigenvalue weighted by molar-refractivity contribution is 5.24. The summed E-state index contributed by atoms with van der Waals surface area (Å²) < 4.78 is 0. The van der Waals surface area contributed by atoms with Crippen molar-refractivity contribution in [3.63, 3.8) is 0 Å². The van der Waals surface area contributed by atoms with Crippen molar-refractivity contribution in [3.05, 3.63) is 35.4 Å². The first kappa shape index (κ1) is 16.5. The minimum absolute atomic E-state index is 0.464. The average molecular weight is 289 g/mol. The molecule has 1 aliphatic rings. The molecule has 1 heterocycles. The maximum atomic E-state index is 3.48. The first-order valence-corrected chi connectivity index (χ1v) is 8.22. The van der Waals surface area contributed by atoms with Crippen LogP contribution in [-0.2, 0) is 0 Å². The van der Waals surface area contributed by atoms with Crippen LogP contribution in [0.25, 0.3) is 0 Å². The second kappa shape index (κ2) is 7.92. The van der Waals surface area contributed by atoms with Gasteiger partial charge in [-0.25, -0.2) is 0 Å². The molecule has 0 radical (unpaired) electrons. The van der Waals surface area contributed by atoms with E-state index in [1.807, 2.05) is 0 Å². The molecule has 0 saturated carbocycles. The predicted octanol–water partition coefficient (Wildman–Crippen LogP) is 2.67. The second-order valence-corrected chi connectivity index (χ2v) is 6.63. The first-order valence-electron chi connectivity index (χ1n) is 8.22. The van der Waals surface area contributed by atoms with Gasteiger partial charge in [-0.2, -0.15) is 0 Å². The zero-order chi connectivity index (χ0) is 15.2. The third-order valence-electron chi connectivity index (χ3n) is 4.61. The summed E-state index contributed by atoms with van der Waals surface area (Å²) in [5.74, 6) is 0. The number of hydrogen-bond donors (Lipinski definition) is 1. The van der Waals surface area contributed by atoms with E-state index < -0.39 is 0 Å². The van der Waals surface area contributed by atoms with Crippen LogP contribution in [0.4, 0.5) is 0 Å². The van der Waals surface area contributed by atoms with Gasteiger partial charge in [0.25, 0.3) is 0 Å². The maximum Gasteiger partial charge on any atom is 0.0329 e. The van der Waals surface area contributed by atoms with E-state index in [2.05, 4.69) is 67.4 Å². The SMILES string of the molecule is CNC(CCN1CCCC1CN(C)C)c1ccc(C)cc1. The van der Waals surface area contributed by atoms with Gasteiger partial charge < -0.3 is 10.2 Å². The number of aryl methyl sites for hydroxylation is 1. The van der Waals surface area contributed by atoms with E-state index in [0.717, 1.165) is 6.04 Å². The van der Waals surface area contributed by atoms with Crippen LogP contribution in [0.5, 0.6) is 0 Å². The fourth-order valence-corrected chi connectivity index (χ4v) is 3.39. The van der Waals surface area contributed by atoms with E-state index >= 15 is 0 Å². The van der Waals surface area contributed by atoms with Crippen LogP contribution < -0.4 is 5.32 Å². The molecular formula is C18H31N3. The normalized spacial score (nSPS) is 21.1. The van der Waals surface area contributed by atoms with Gasteiger partial charge >= 0.3 is 0 Å². The Kier molecular flexibility index (Phi) is 6.22. The lowest BCUT2D eigenvalue weighted by Gasteiger charge is -2.28. The molecule has 0 spiro atoms. The highest BCUT2D eigenvalue weighted by Crippen LogP contribution is 2.22. The summed E-state index contributed by atoms with van der Waals surface area (Å²) in [6, 6.07) is 10.2. The molecule has 1 aliphatic heterocycles. The third-order valence-corrected chi connectivity index (χ3v) is 4.61. The summed E-state index contributed by atoms with van der Waals surface area (Å²) in [7, 11) is 6.43. The molecule has 0 aliphatic carbocycles. The van der Waals surface area contributed by atoms with Crippen LogP contribution in [-0.4, -0.2) is 56.6 Å². The predicted molar refractivity (Wildman–Crippen MR) is 90.7 cm³/mol. The number of likely N-dealkylation sites (N-methyl/N-ethyl adjacent to an activating group) is 1. The zero-order valence-electron chi connectivity index (χ0n) is 14.1. The molecule has 0 bridgehead atoms. The molecule has 2 atom stereocenters. The molecule has 1 aromatic carbocycles. The number of nitrogens with zero attached hydrogens (tertiary/aromatic N) is 2. The van der Waals surface area contributed by atoms with Crippen LogP contribution in [0.2, 0.25) is 0 Å². The van der Waals surface area contributed by atoms with Crippen molar-refractivity contribution in [1.82, 2.24) is 15.1 Å². The Hall–Kier alpha value is -0.900. The number of rotatable bonds is 7.